The Morgan fingerprint density at radius 3 is 1.82 bits per heavy atom. The highest BCUT2D eigenvalue weighted by Crippen LogP contribution is 2.49. The Labute approximate surface area is 327 Å². The number of benzene rings is 6. The summed E-state index contributed by atoms with van der Waals surface area (Å²) in [7, 11) is 0. The lowest BCUT2D eigenvalue weighted by atomic mass is 9.76. The van der Waals surface area contributed by atoms with Gasteiger partial charge in [0, 0.05) is 32.9 Å². The fourth-order valence-corrected chi connectivity index (χ4v) is 10.6. The first-order chi connectivity index (χ1) is 27.4. The van der Waals surface area contributed by atoms with Gasteiger partial charge < -0.3 is 21.1 Å². The molecule has 3 aliphatic carbocycles. The van der Waals surface area contributed by atoms with Gasteiger partial charge in [-0.15, -0.1) is 0 Å². The van der Waals surface area contributed by atoms with Crippen molar-refractivity contribution in [1.82, 2.24) is 0 Å². The minimum Gasteiger partial charge on any atom is -0.506 e. The highest BCUT2D eigenvalue weighted by Gasteiger charge is 2.43. The van der Waals surface area contributed by atoms with Gasteiger partial charge in [-0.05, 0) is 110 Å². The van der Waals surface area contributed by atoms with Crippen molar-refractivity contribution in [3.8, 4) is 0 Å². The number of hydrogen-bond donors (Lipinski definition) is 4. The first-order valence-corrected chi connectivity index (χ1v) is 20.6. The number of carbonyl (C=O) groups excluding carboxylic acids is 1. The van der Waals surface area contributed by atoms with Crippen molar-refractivity contribution in [3.63, 3.8) is 0 Å². The molecular formula is C50H46N4O2. The fourth-order valence-electron chi connectivity index (χ4n) is 10.6. The quantitative estimate of drug-likeness (QED) is 0.142. The molecule has 56 heavy (non-hydrogen) atoms. The highest BCUT2D eigenvalue weighted by atomic mass is 16.3. The van der Waals surface area contributed by atoms with Gasteiger partial charge in [0.25, 0.3) is 0 Å². The molecule has 2 saturated carbocycles. The Balaban J connectivity index is 0.963. The van der Waals surface area contributed by atoms with Crippen LogP contribution in [0, 0.1) is 11.8 Å². The van der Waals surface area contributed by atoms with E-state index in [9.17, 15) is 9.90 Å². The smallest absolute Gasteiger partial charge is 0.201 e. The van der Waals surface area contributed by atoms with E-state index < -0.39 is 5.66 Å². The van der Waals surface area contributed by atoms with E-state index in [-0.39, 0.29) is 17.2 Å². The summed E-state index contributed by atoms with van der Waals surface area (Å²) in [4.78, 5) is 20.1. The largest absolute Gasteiger partial charge is 0.506 e. The second kappa shape index (κ2) is 12.8. The molecule has 2 spiro atoms. The summed E-state index contributed by atoms with van der Waals surface area (Å²) in [5.41, 5.74) is 6.63. The average molecular weight is 735 g/mol. The van der Waals surface area contributed by atoms with Gasteiger partial charge in [0.2, 0.25) is 5.78 Å². The van der Waals surface area contributed by atoms with Crippen LogP contribution in [-0.2, 0) is 17.6 Å². The summed E-state index contributed by atoms with van der Waals surface area (Å²) in [5, 5.41) is 29.6. The molecule has 2 fully saturated rings. The summed E-state index contributed by atoms with van der Waals surface area (Å²) >= 11 is 0. The highest BCUT2D eigenvalue weighted by molar-refractivity contribution is 6.52. The zero-order chi connectivity index (χ0) is 37.4. The molecule has 0 radical (unpaired) electrons. The van der Waals surface area contributed by atoms with Crippen LogP contribution in [0.1, 0.15) is 68.1 Å². The Morgan fingerprint density at radius 2 is 1.18 bits per heavy atom. The molecular weight excluding hydrogens is 689 g/mol. The summed E-state index contributed by atoms with van der Waals surface area (Å²) in [6.45, 7) is 0. The van der Waals surface area contributed by atoms with Crippen molar-refractivity contribution in [2.24, 2.45) is 16.8 Å². The Kier molecular flexibility index (Phi) is 7.67. The number of nitrogens with zero attached hydrogens (tertiary/aromatic N) is 1. The summed E-state index contributed by atoms with van der Waals surface area (Å²) in [6, 6.07) is 42.5. The van der Waals surface area contributed by atoms with Crippen LogP contribution in [0.3, 0.4) is 0 Å². The first kappa shape index (κ1) is 33.5. The van der Waals surface area contributed by atoms with E-state index in [4.69, 9.17) is 4.99 Å². The molecule has 0 unspecified atom stereocenters. The second-order valence-corrected chi connectivity index (χ2v) is 17.1. The molecule has 0 bridgehead atoms. The second-order valence-electron chi connectivity index (χ2n) is 17.1. The topological polar surface area (TPSA) is 85.8 Å². The van der Waals surface area contributed by atoms with Crippen LogP contribution in [0.25, 0.3) is 32.7 Å². The number of hydrogen-bond acceptors (Lipinski definition) is 6. The molecule has 5 aliphatic rings. The SMILES string of the molecule is O=C1C(c2ccc3cccc4c3c2NC2(CCC(Cc3ccccc3)CC2)N4)=C(O)/C1=c1\ccc2cccc3c2c1=NC1(CCC(Cc2ccccc2)CC1)N3. The van der Waals surface area contributed by atoms with Crippen LogP contribution >= 0.6 is 0 Å². The van der Waals surface area contributed by atoms with E-state index >= 15 is 0 Å². The molecule has 0 saturated heterocycles. The number of anilines is 3. The number of nitrogens with one attached hydrogen (secondary N) is 3. The van der Waals surface area contributed by atoms with Gasteiger partial charge in [-0.2, -0.15) is 0 Å². The van der Waals surface area contributed by atoms with Crippen molar-refractivity contribution in [2.75, 3.05) is 16.0 Å². The Bertz CT molecular complexity index is 2720. The maximum atomic E-state index is 14.6. The first-order valence-electron chi connectivity index (χ1n) is 20.6. The zero-order valence-corrected chi connectivity index (χ0v) is 31.6. The van der Waals surface area contributed by atoms with Crippen LogP contribution in [-0.4, -0.2) is 22.2 Å². The summed E-state index contributed by atoms with van der Waals surface area (Å²) in [5.74, 6) is 1.18. The van der Waals surface area contributed by atoms with Gasteiger partial charge in [0.05, 0.1) is 22.2 Å². The third-order valence-electron chi connectivity index (χ3n) is 13.6. The molecule has 0 amide bonds. The molecule has 2 heterocycles. The van der Waals surface area contributed by atoms with E-state index in [1.807, 2.05) is 12.1 Å². The fraction of sp³-hybridized carbons (Fsp3) is 0.280. The van der Waals surface area contributed by atoms with Crippen LogP contribution in [0.2, 0.25) is 0 Å². The van der Waals surface area contributed by atoms with Crippen molar-refractivity contribution in [3.05, 3.63) is 154 Å². The van der Waals surface area contributed by atoms with E-state index in [1.165, 1.54) is 11.1 Å². The van der Waals surface area contributed by atoms with E-state index in [2.05, 4.69) is 125 Å². The molecule has 0 aromatic heterocycles. The van der Waals surface area contributed by atoms with E-state index in [1.54, 1.807) is 0 Å². The molecule has 0 atom stereocenters. The normalized spacial score (nSPS) is 26.0. The number of Topliss-reactive ketones (excluding diaryl/α,β-unsaturated/α-hetero) is 1. The molecule has 6 aromatic carbocycles. The summed E-state index contributed by atoms with van der Waals surface area (Å²) < 4.78 is 0. The Hall–Kier alpha value is -5.88. The Morgan fingerprint density at radius 1 is 0.589 bits per heavy atom. The number of aliphatic hydroxyl groups excluding tert-OH is 1. The number of aliphatic hydroxyl groups is 1. The lowest BCUT2D eigenvalue weighted by Crippen LogP contribution is -2.51. The molecule has 11 rings (SSSR count). The van der Waals surface area contributed by atoms with Crippen molar-refractivity contribution >= 4 is 55.5 Å². The minimum absolute atomic E-state index is 0.0615. The van der Waals surface area contributed by atoms with Gasteiger partial charge in [0.15, 0.2) is 0 Å². The number of carbonyl (C=O) groups is 1. The van der Waals surface area contributed by atoms with Crippen LogP contribution in [0.15, 0.2) is 132 Å². The van der Waals surface area contributed by atoms with Gasteiger partial charge in [0.1, 0.15) is 17.1 Å². The van der Waals surface area contributed by atoms with Crippen molar-refractivity contribution in [2.45, 2.75) is 75.5 Å². The van der Waals surface area contributed by atoms with Crippen LogP contribution in [0.4, 0.5) is 17.1 Å². The maximum absolute atomic E-state index is 14.6. The molecule has 2 aliphatic heterocycles. The van der Waals surface area contributed by atoms with E-state index in [0.29, 0.717) is 23.0 Å². The lowest BCUT2D eigenvalue weighted by molar-refractivity contribution is -0.109. The van der Waals surface area contributed by atoms with Gasteiger partial charge in [-0.25, -0.2) is 0 Å². The molecule has 6 aromatic rings. The monoisotopic (exact) mass is 734 g/mol. The van der Waals surface area contributed by atoms with E-state index in [0.717, 1.165) is 119 Å². The number of rotatable bonds is 5. The van der Waals surface area contributed by atoms with Crippen LogP contribution < -0.4 is 26.5 Å². The lowest BCUT2D eigenvalue weighted by Gasteiger charge is -2.46. The van der Waals surface area contributed by atoms with Crippen LogP contribution in [0.5, 0.6) is 0 Å². The summed E-state index contributed by atoms with van der Waals surface area (Å²) in [6.07, 6.45) is 10.3. The molecule has 4 N–H and O–H groups in total. The van der Waals surface area contributed by atoms with Crippen molar-refractivity contribution in [1.29, 1.82) is 0 Å². The van der Waals surface area contributed by atoms with Gasteiger partial charge in [-0.1, -0.05) is 109 Å². The number of ketones is 1. The van der Waals surface area contributed by atoms with Gasteiger partial charge >= 0.3 is 0 Å². The zero-order valence-electron chi connectivity index (χ0n) is 31.6. The minimum atomic E-state index is -0.440. The molecule has 6 heteroatoms. The molecule has 278 valence electrons. The molecule has 6 nitrogen and oxygen atoms in total. The average Bonchev–Trinajstić information content (AvgIpc) is 3.22. The third kappa shape index (κ3) is 5.44. The standard InChI is InChI=1S/C50H46N4O2/c55-47-43(37-19-17-35-13-7-15-39-41(35)45(37)53-49(51-39)25-21-33(22-26-49)29-31-9-3-1-4-10-31)48(56)44(47)38-20-18-36-14-8-16-40-42(36)46(38)54-50(52-40)27-23-34(24-28-50)30-32-11-5-2-6-12-32/h1-20,33-34,51-53,55H,21-30H2/b44-38-. The van der Waals surface area contributed by atoms with Gasteiger partial charge in [-0.3, -0.25) is 9.79 Å². The predicted octanol–water partition coefficient (Wildman–Crippen LogP) is 9.84. The van der Waals surface area contributed by atoms with Crippen molar-refractivity contribution < 1.29 is 9.90 Å². The third-order valence-corrected chi connectivity index (χ3v) is 13.6. The predicted molar refractivity (Wildman–Crippen MR) is 227 cm³/mol. The number of allylic oxidation sites excluding steroid dienone is 2. The maximum Gasteiger partial charge on any atom is 0.201 e.